The summed E-state index contributed by atoms with van der Waals surface area (Å²) in [6.45, 7) is 7.69. The molecule has 2 atom stereocenters. The van der Waals surface area contributed by atoms with Crippen molar-refractivity contribution in [2.75, 3.05) is 0 Å². The second-order valence-corrected chi connectivity index (χ2v) is 10.1. The summed E-state index contributed by atoms with van der Waals surface area (Å²) in [5.41, 5.74) is 4.75. The lowest BCUT2D eigenvalue weighted by Gasteiger charge is -2.33. The summed E-state index contributed by atoms with van der Waals surface area (Å²) in [5.74, 6) is -3.28. The number of hydrogen-bond acceptors (Lipinski definition) is 6. The molecule has 0 aliphatic carbocycles. The van der Waals surface area contributed by atoms with Gasteiger partial charge in [0.15, 0.2) is 11.6 Å². The average molecular weight is 556 g/mol. The number of thiophene rings is 1. The zero-order valence-electron chi connectivity index (χ0n) is 21.4. The normalized spacial score (nSPS) is 12.7. The van der Waals surface area contributed by atoms with Gasteiger partial charge in [0.1, 0.15) is 10.7 Å². The Hall–Kier alpha value is -2.98. The molecule has 11 heteroatoms. The fourth-order valence-electron chi connectivity index (χ4n) is 3.91. The number of nitrogens with one attached hydrogen (secondary N) is 2. The Morgan fingerprint density at radius 1 is 1.19 bits per heavy atom. The molecule has 2 rings (SSSR count). The highest BCUT2D eigenvalue weighted by atomic mass is 35.5. The largest absolute Gasteiger partial charge is 0.481 e. The van der Waals surface area contributed by atoms with Crippen LogP contribution >= 0.6 is 23.7 Å². The molecule has 0 saturated carbocycles. The van der Waals surface area contributed by atoms with Crippen LogP contribution in [0.3, 0.4) is 0 Å². The fraction of sp³-hybridized carbons (Fsp3) is 0.462. The lowest BCUT2D eigenvalue weighted by Crippen LogP contribution is -2.49. The molecule has 0 bridgehead atoms. The highest BCUT2D eigenvalue weighted by molar-refractivity contribution is 7.14. The van der Waals surface area contributed by atoms with Crippen molar-refractivity contribution in [3.63, 3.8) is 0 Å². The molecule has 0 fully saturated rings. The number of carbonyl (C=O) groups is 3. The smallest absolute Gasteiger partial charge is 0.353 e. The molecule has 8 nitrogen and oxygen atoms in total. The van der Waals surface area contributed by atoms with Gasteiger partial charge >= 0.3 is 11.9 Å². The molecular formula is C26H35ClFN3O5S. The molecule has 1 aromatic carbocycles. The van der Waals surface area contributed by atoms with Crippen molar-refractivity contribution in [1.29, 1.82) is 5.41 Å². The van der Waals surface area contributed by atoms with Crippen LogP contribution in [0.2, 0.25) is 0 Å². The van der Waals surface area contributed by atoms with Crippen LogP contribution in [0.1, 0.15) is 73.5 Å². The van der Waals surface area contributed by atoms with Gasteiger partial charge in [0.2, 0.25) is 5.91 Å². The minimum absolute atomic E-state index is 0. The van der Waals surface area contributed by atoms with Crippen LogP contribution in [0.5, 0.6) is 5.75 Å². The lowest BCUT2D eigenvalue weighted by molar-refractivity contribution is -0.139. The fourth-order valence-corrected chi connectivity index (χ4v) is 4.94. The molecule has 37 heavy (non-hydrogen) atoms. The van der Waals surface area contributed by atoms with Gasteiger partial charge in [-0.05, 0) is 55.5 Å². The summed E-state index contributed by atoms with van der Waals surface area (Å²) >= 11 is 1.16. The number of amides is 1. The molecule has 0 aliphatic heterocycles. The Balaban J connectivity index is 0.00000684. The SMILES string of the molecule is CC[C@H](C)[C@@H](CC(=O)O)NC(=O)C(CC)(CC)Cc1ccc(C(=O)Oc2ccc(C(=N)N)cc2F)s1.Cl. The first-order valence-corrected chi connectivity index (χ1v) is 12.8. The highest BCUT2D eigenvalue weighted by Crippen LogP contribution is 2.35. The van der Waals surface area contributed by atoms with Gasteiger partial charge < -0.3 is 20.9 Å². The minimum Gasteiger partial charge on any atom is -0.481 e. The van der Waals surface area contributed by atoms with Gasteiger partial charge in [-0.15, -0.1) is 23.7 Å². The molecule has 0 radical (unpaired) electrons. The van der Waals surface area contributed by atoms with E-state index in [0.717, 1.165) is 28.7 Å². The van der Waals surface area contributed by atoms with Crippen molar-refractivity contribution in [2.45, 2.75) is 65.8 Å². The van der Waals surface area contributed by atoms with E-state index < -0.39 is 29.2 Å². The quantitative estimate of drug-likeness (QED) is 0.116. The molecule has 1 heterocycles. The number of rotatable bonds is 13. The van der Waals surface area contributed by atoms with Crippen LogP contribution in [0, 0.1) is 22.6 Å². The van der Waals surface area contributed by atoms with Crippen LogP contribution in [0.15, 0.2) is 30.3 Å². The molecule has 0 unspecified atom stereocenters. The Labute approximate surface area is 226 Å². The van der Waals surface area contributed by atoms with Gasteiger partial charge in [-0.3, -0.25) is 15.0 Å². The van der Waals surface area contributed by atoms with Crippen LogP contribution in [-0.4, -0.2) is 34.8 Å². The van der Waals surface area contributed by atoms with Gasteiger partial charge in [-0.1, -0.05) is 34.1 Å². The first-order valence-electron chi connectivity index (χ1n) is 11.9. The lowest BCUT2D eigenvalue weighted by atomic mass is 9.77. The van der Waals surface area contributed by atoms with Crippen molar-refractivity contribution < 1.29 is 28.6 Å². The first kappa shape index (κ1) is 32.0. The number of halogens is 2. The Kier molecular flexibility index (Phi) is 12.2. The van der Waals surface area contributed by atoms with Gasteiger partial charge in [0, 0.05) is 16.5 Å². The molecule has 0 saturated heterocycles. The molecule has 5 N–H and O–H groups in total. The first-order chi connectivity index (χ1) is 17.0. The van der Waals surface area contributed by atoms with E-state index in [2.05, 4.69) is 5.32 Å². The van der Waals surface area contributed by atoms with E-state index in [-0.39, 0.29) is 52.7 Å². The van der Waals surface area contributed by atoms with Crippen molar-refractivity contribution in [1.82, 2.24) is 5.32 Å². The Bertz CT molecular complexity index is 1120. The number of nitrogen functional groups attached to an aromatic ring is 1. The number of esters is 1. The van der Waals surface area contributed by atoms with E-state index in [0.29, 0.717) is 19.3 Å². The van der Waals surface area contributed by atoms with E-state index in [1.54, 1.807) is 12.1 Å². The summed E-state index contributed by atoms with van der Waals surface area (Å²) in [4.78, 5) is 38.4. The van der Waals surface area contributed by atoms with Gasteiger partial charge in [0.25, 0.3) is 0 Å². The molecule has 2 aromatic rings. The summed E-state index contributed by atoms with van der Waals surface area (Å²) in [6.07, 6.45) is 2.01. The van der Waals surface area contributed by atoms with E-state index in [4.69, 9.17) is 15.9 Å². The monoisotopic (exact) mass is 555 g/mol. The number of benzene rings is 1. The second kappa shape index (κ2) is 14.1. The van der Waals surface area contributed by atoms with Crippen molar-refractivity contribution in [2.24, 2.45) is 17.1 Å². The van der Waals surface area contributed by atoms with E-state index in [9.17, 15) is 23.9 Å². The Morgan fingerprint density at radius 3 is 2.35 bits per heavy atom. The van der Waals surface area contributed by atoms with Crippen LogP contribution < -0.4 is 15.8 Å². The maximum atomic E-state index is 14.3. The number of nitrogens with two attached hydrogens (primary N) is 1. The third kappa shape index (κ3) is 8.26. The maximum absolute atomic E-state index is 14.3. The summed E-state index contributed by atoms with van der Waals surface area (Å²) in [6, 6.07) is 6.50. The predicted octanol–water partition coefficient (Wildman–Crippen LogP) is 5.17. The number of amidine groups is 1. The van der Waals surface area contributed by atoms with Gasteiger partial charge in [-0.25, -0.2) is 9.18 Å². The van der Waals surface area contributed by atoms with E-state index in [1.807, 2.05) is 27.7 Å². The van der Waals surface area contributed by atoms with Gasteiger partial charge in [0.05, 0.1) is 11.8 Å². The maximum Gasteiger partial charge on any atom is 0.353 e. The molecular weight excluding hydrogens is 521 g/mol. The van der Waals surface area contributed by atoms with E-state index in [1.165, 1.54) is 12.1 Å². The average Bonchev–Trinajstić information content (AvgIpc) is 3.30. The van der Waals surface area contributed by atoms with Crippen molar-refractivity contribution >= 4 is 47.4 Å². The third-order valence-electron chi connectivity index (χ3n) is 6.70. The molecule has 1 aromatic heterocycles. The minimum atomic E-state index is -0.965. The van der Waals surface area contributed by atoms with Crippen molar-refractivity contribution in [3.05, 3.63) is 51.5 Å². The summed E-state index contributed by atoms with van der Waals surface area (Å²) in [7, 11) is 0. The summed E-state index contributed by atoms with van der Waals surface area (Å²) in [5, 5.41) is 19.6. The standard InChI is InChI=1S/C26H34FN3O5S.ClH/c1-5-15(4)19(13-22(31)32)30-25(34)26(6-2,7-3)14-17-9-11-21(36-17)24(33)35-20-10-8-16(23(28)29)12-18(20)27;/h8-12,15,19H,5-7,13-14H2,1-4H3,(H3,28,29)(H,30,34)(H,31,32);1H/t15-,19+;/m0./s1. The molecule has 204 valence electrons. The number of carbonyl (C=O) groups excluding carboxylic acids is 2. The zero-order valence-corrected chi connectivity index (χ0v) is 23.1. The van der Waals surface area contributed by atoms with Crippen LogP contribution in [-0.2, 0) is 16.0 Å². The number of hydrogen-bond donors (Lipinski definition) is 4. The number of ether oxygens (including phenoxy) is 1. The van der Waals surface area contributed by atoms with Crippen molar-refractivity contribution in [3.8, 4) is 5.75 Å². The topological polar surface area (TPSA) is 143 Å². The zero-order chi connectivity index (χ0) is 27.0. The number of aliphatic carboxylic acids is 1. The van der Waals surface area contributed by atoms with Crippen LogP contribution in [0.25, 0.3) is 0 Å². The third-order valence-corrected chi connectivity index (χ3v) is 7.76. The second-order valence-electron chi connectivity index (χ2n) is 8.94. The number of carboxylic acid groups (broad SMARTS) is 1. The van der Waals surface area contributed by atoms with Gasteiger partial charge in [-0.2, -0.15) is 0 Å². The summed E-state index contributed by atoms with van der Waals surface area (Å²) < 4.78 is 19.4. The molecule has 1 amide bonds. The molecule has 0 aliphatic rings. The highest BCUT2D eigenvalue weighted by Gasteiger charge is 2.37. The Morgan fingerprint density at radius 2 is 1.84 bits per heavy atom. The van der Waals surface area contributed by atoms with E-state index >= 15 is 0 Å². The molecule has 0 spiro atoms. The number of carboxylic acids is 1. The predicted molar refractivity (Wildman–Crippen MR) is 144 cm³/mol. The van der Waals surface area contributed by atoms with Crippen LogP contribution in [0.4, 0.5) is 4.39 Å².